The summed E-state index contributed by atoms with van der Waals surface area (Å²) in [5.41, 5.74) is 1.28. The van der Waals surface area contributed by atoms with E-state index >= 15 is 0 Å². The van der Waals surface area contributed by atoms with Crippen LogP contribution in [0.3, 0.4) is 0 Å². The van der Waals surface area contributed by atoms with Crippen molar-refractivity contribution in [3.8, 4) is 0 Å². The van der Waals surface area contributed by atoms with Crippen LogP contribution in [0.1, 0.15) is 16.7 Å². The largest absolute Gasteiger partial charge is 0.418 e. The highest BCUT2D eigenvalue weighted by molar-refractivity contribution is 7.89. The normalized spacial score (nSPS) is 16.6. The van der Waals surface area contributed by atoms with Crippen LogP contribution < -0.4 is 4.90 Å². The third-order valence-electron chi connectivity index (χ3n) is 4.90. The molecule has 1 fully saturated rings. The number of nitrogens with zero attached hydrogens (tertiary/aromatic N) is 2. The number of hydrogen-bond acceptors (Lipinski definition) is 3. The molecule has 2 aromatic carbocycles. The van der Waals surface area contributed by atoms with Crippen molar-refractivity contribution >= 4 is 15.7 Å². The van der Waals surface area contributed by atoms with Crippen molar-refractivity contribution in [3.63, 3.8) is 0 Å². The Bertz CT molecular complexity index is 934. The second-order valence-corrected chi connectivity index (χ2v) is 8.59. The fourth-order valence-corrected chi connectivity index (χ4v) is 4.69. The minimum Gasteiger partial charge on any atom is -0.368 e. The first-order valence-corrected chi connectivity index (χ1v) is 10.0. The van der Waals surface area contributed by atoms with E-state index in [-0.39, 0.29) is 36.8 Å². The van der Waals surface area contributed by atoms with E-state index in [0.29, 0.717) is 0 Å². The van der Waals surface area contributed by atoms with E-state index in [1.165, 1.54) is 16.4 Å². The van der Waals surface area contributed by atoms with Crippen molar-refractivity contribution in [2.45, 2.75) is 24.9 Å². The van der Waals surface area contributed by atoms with Crippen molar-refractivity contribution < 1.29 is 21.6 Å². The zero-order valence-corrected chi connectivity index (χ0v) is 15.9. The lowest BCUT2D eigenvalue weighted by Crippen LogP contribution is -2.49. The van der Waals surface area contributed by atoms with E-state index in [0.717, 1.165) is 17.2 Å². The second kappa shape index (κ2) is 7.16. The highest BCUT2D eigenvalue weighted by Crippen LogP contribution is 2.37. The minimum absolute atomic E-state index is 0.0910. The third-order valence-corrected chi connectivity index (χ3v) is 6.80. The van der Waals surface area contributed by atoms with Crippen molar-refractivity contribution in [3.05, 3.63) is 59.2 Å². The average molecular weight is 398 g/mol. The molecule has 0 aromatic heterocycles. The van der Waals surface area contributed by atoms with Crippen LogP contribution in [0, 0.1) is 13.8 Å². The Balaban J connectivity index is 1.79. The molecule has 0 bridgehead atoms. The molecule has 27 heavy (non-hydrogen) atoms. The summed E-state index contributed by atoms with van der Waals surface area (Å²) in [7, 11) is -3.66. The molecule has 0 N–H and O–H groups in total. The van der Waals surface area contributed by atoms with Gasteiger partial charge in [0.15, 0.2) is 0 Å². The molecular weight excluding hydrogens is 377 g/mol. The lowest BCUT2D eigenvalue weighted by Gasteiger charge is -2.36. The molecule has 0 spiro atoms. The molecule has 4 nitrogen and oxygen atoms in total. The summed E-state index contributed by atoms with van der Waals surface area (Å²) >= 11 is 0. The van der Waals surface area contributed by atoms with Gasteiger partial charge in [-0.3, -0.25) is 0 Å². The maximum Gasteiger partial charge on any atom is 0.418 e. The predicted molar refractivity (Wildman–Crippen MR) is 98.3 cm³/mol. The molecule has 8 heteroatoms. The molecule has 0 unspecified atom stereocenters. The molecule has 0 saturated carbocycles. The van der Waals surface area contributed by atoms with Gasteiger partial charge in [0.1, 0.15) is 0 Å². The standard InChI is InChI=1S/C19H21F3N2O2S/c1-14-7-8-16(13-15(14)2)27(25,26)24-11-9-23(10-12-24)18-6-4-3-5-17(18)19(20,21)22/h3-8,13H,9-12H2,1-2H3. The highest BCUT2D eigenvalue weighted by Gasteiger charge is 2.36. The van der Waals surface area contributed by atoms with Crippen molar-refractivity contribution in [1.82, 2.24) is 4.31 Å². The van der Waals surface area contributed by atoms with E-state index < -0.39 is 21.8 Å². The van der Waals surface area contributed by atoms with Crippen LogP contribution in [-0.2, 0) is 16.2 Å². The quantitative estimate of drug-likeness (QED) is 0.789. The van der Waals surface area contributed by atoms with Gasteiger partial charge >= 0.3 is 6.18 Å². The zero-order chi connectivity index (χ0) is 19.8. The molecule has 1 aliphatic rings. The molecule has 2 aromatic rings. The first-order chi connectivity index (χ1) is 12.6. The van der Waals surface area contributed by atoms with Crippen LogP contribution in [0.2, 0.25) is 0 Å². The van der Waals surface area contributed by atoms with Gasteiger partial charge in [0.25, 0.3) is 0 Å². The number of benzene rings is 2. The van der Waals surface area contributed by atoms with Crippen molar-refractivity contribution in [2.75, 3.05) is 31.1 Å². The first kappa shape index (κ1) is 19.7. The number of halogens is 3. The van der Waals surface area contributed by atoms with E-state index in [1.54, 1.807) is 29.2 Å². The van der Waals surface area contributed by atoms with E-state index in [4.69, 9.17) is 0 Å². The first-order valence-electron chi connectivity index (χ1n) is 8.59. The molecule has 146 valence electrons. The number of rotatable bonds is 3. The van der Waals surface area contributed by atoms with Crippen molar-refractivity contribution in [2.24, 2.45) is 0 Å². The Morgan fingerprint density at radius 2 is 1.52 bits per heavy atom. The van der Waals surface area contributed by atoms with Gasteiger partial charge in [0.2, 0.25) is 10.0 Å². The Labute approximate surface area is 157 Å². The molecule has 0 aliphatic carbocycles. The van der Waals surface area contributed by atoms with Gasteiger partial charge < -0.3 is 4.90 Å². The number of aryl methyl sites for hydroxylation is 2. The molecule has 1 aliphatic heterocycles. The van der Waals surface area contributed by atoms with E-state index in [9.17, 15) is 21.6 Å². The number of anilines is 1. The van der Waals surface area contributed by atoms with E-state index in [2.05, 4.69) is 0 Å². The molecule has 0 radical (unpaired) electrons. The number of alkyl halides is 3. The maximum absolute atomic E-state index is 13.2. The predicted octanol–water partition coefficient (Wildman–Crippen LogP) is 3.83. The topological polar surface area (TPSA) is 40.6 Å². The Morgan fingerprint density at radius 3 is 2.11 bits per heavy atom. The molecular formula is C19H21F3N2O2S. The summed E-state index contributed by atoms with van der Waals surface area (Å²) in [5.74, 6) is 0. The number of hydrogen-bond donors (Lipinski definition) is 0. The molecule has 1 heterocycles. The fraction of sp³-hybridized carbons (Fsp3) is 0.368. The third kappa shape index (κ3) is 3.96. The Kier molecular flexibility index (Phi) is 5.22. The van der Waals surface area contributed by atoms with Crippen LogP contribution in [0.5, 0.6) is 0 Å². The van der Waals surface area contributed by atoms with Crippen LogP contribution >= 0.6 is 0 Å². The summed E-state index contributed by atoms with van der Waals surface area (Å²) in [6, 6.07) is 10.4. The Morgan fingerprint density at radius 1 is 0.889 bits per heavy atom. The summed E-state index contributed by atoms with van der Waals surface area (Å²) in [6.45, 7) is 4.44. The number of para-hydroxylation sites is 1. The summed E-state index contributed by atoms with van der Waals surface area (Å²) in [4.78, 5) is 1.81. The second-order valence-electron chi connectivity index (χ2n) is 6.65. The molecule has 3 rings (SSSR count). The summed E-state index contributed by atoms with van der Waals surface area (Å²) in [6.07, 6.45) is -4.45. The zero-order valence-electron chi connectivity index (χ0n) is 15.1. The van der Waals surface area contributed by atoms with Crippen LogP contribution in [0.15, 0.2) is 47.4 Å². The average Bonchev–Trinajstić information content (AvgIpc) is 2.63. The van der Waals surface area contributed by atoms with Gasteiger partial charge in [-0.25, -0.2) is 8.42 Å². The van der Waals surface area contributed by atoms with Gasteiger partial charge in [0, 0.05) is 31.9 Å². The lowest BCUT2D eigenvalue weighted by atomic mass is 10.1. The smallest absolute Gasteiger partial charge is 0.368 e. The minimum atomic E-state index is -4.45. The molecule has 0 atom stereocenters. The monoisotopic (exact) mass is 398 g/mol. The van der Waals surface area contributed by atoms with Crippen molar-refractivity contribution in [1.29, 1.82) is 0 Å². The van der Waals surface area contributed by atoms with Gasteiger partial charge in [-0.05, 0) is 49.2 Å². The van der Waals surface area contributed by atoms with Crippen LogP contribution in [0.4, 0.5) is 18.9 Å². The Hall–Kier alpha value is -2.06. The highest BCUT2D eigenvalue weighted by atomic mass is 32.2. The SMILES string of the molecule is Cc1ccc(S(=O)(=O)N2CCN(c3ccccc3C(F)(F)F)CC2)cc1C. The fourth-order valence-electron chi connectivity index (χ4n) is 3.18. The molecule has 0 amide bonds. The van der Waals surface area contributed by atoms with Gasteiger partial charge in [0.05, 0.1) is 10.5 Å². The van der Waals surface area contributed by atoms with Gasteiger partial charge in [-0.2, -0.15) is 17.5 Å². The van der Waals surface area contributed by atoms with Gasteiger partial charge in [-0.1, -0.05) is 18.2 Å². The maximum atomic E-state index is 13.2. The van der Waals surface area contributed by atoms with E-state index in [1.807, 2.05) is 13.8 Å². The lowest BCUT2D eigenvalue weighted by molar-refractivity contribution is -0.137. The number of sulfonamides is 1. The van der Waals surface area contributed by atoms with Gasteiger partial charge in [-0.15, -0.1) is 0 Å². The number of piperazine rings is 1. The summed E-state index contributed by atoms with van der Waals surface area (Å²) in [5, 5.41) is 0. The van der Waals surface area contributed by atoms with Crippen LogP contribution in [0.25, 0.3) is 0 Å². The molecule has 1 saturated heterocycles. The summed E-state index contributed by atoms with van der Waals surface area (Å²) < 4.78 is 66.7. The van der Waals surface area contributed by atoms with Crippen LogP contribution in [-0.4, -0.2) is 38.9 Å².